The van der Waals surface area contributed by atoms with Crippen LogP contribution in [-0.2, 0) is 14.8 Å². The summed E-state index contributed by atoms with van der Waals surface area (Å²) in [5.74, 6) is 0.133. The van der Waals surface area contributed by atoms with E-state index >= 15 is 0 Å². The highest BCUT2D eigenvalue weighted by atomic mass is 32.2. The van der Waals surface area contributed by atoms with Crippen LogP contribution in [0.4, 0.5) is 0 Å². The van der Waals surface area contributed by atoms with Crippen LogP contribution in [0.3, 0.4) is 0 Å². The molecule has 0 amide bonds. The van der Waals surface area contributed by atoms with Crippen molar-refractivity contribution >= 4 is 20.8 Å². The maximum Gasteiger partial charge on any atom is 0.240 e. The number of benzene rings is 2. The zero-order chi connectivity index (χ0) is 17.0. The Morgan fingerprint density at radius 1 is 1.12 bits per heavy atom. The lowest BCUT2D eigenvalue weighted by Gasteiger charge is -2.30. The van der Waals surface area contributed by atoms with Crippen LogP contribution in [0.25, 0.3) is 10.8 Å². The smallest absolute Gasteiger partial charge is 0.240 e. The molecule has 1 aliphatic heterocycles. The van der Waals surface area contributed by atoms with Gasteiger partial charge in [-0.05, 0) is 41.7 Å². The monoisotopic (exact) mass is 350 g/mol. The third-order valence-corrected chi connectivity index (χ3v) is 5.97. The summed E-state index contributed by atoms with van der Waals surface area (Å²) in [5, 5.41) is 10.9. The van der Waals surface area contributed by atoms with Crippen LogP contribution in [0.1, 0.15) is 12.8 Å². The van der Waals surface area contributed by atoms with Crippen molar-refractivity contribution in [2.75, 3.05) is 19.8 Å². The molecule has 0 aliphatic carbocycles. The summed E-state index contributed by atoms with van der Waals surface area (Å²) in [6.45, 7) is 1.39. The molecule has 1 saturated heterocycles. The lowest BCUT2D eigenvalue weighted by atomic mass is 9.92. The Kier molecular flexibility index (Phi) is 5.47. The van der Waals surface area contributed by atoms with E-state index in [4.69, 9.17) is 9.94 Å². The van der Waals surface area contributed by atoms with Crippen LogP contribution in [0.15, 0.2) is 47.4 Å². The fourth-order valence-electron chi connectivity index (χ4n) is 3.12. The Labute approximate surface area is 141 Å². The summed E-state index contributed by atoms with van der Waals surface area (Å²) in [6, 6.07) is 12.3. The second-order valence-corrected chi connectivity index (χ2v) is 7.76. The highest BCUT2D eigenvalue weighted by molar-refractivity contribution is 7.89. The molecule has 0 bridgehead atoms. The van der Waals surface area contributed by atoms with Crippen molar-refractivity contribution in [1.82, 2.24) is 10.2 Å². The molecule has 1 atom stereocenters. The quantitative estimate of drug-likeness (QED) is 0.693. The van der Waals surface area contributed by atoms with E-state index in [9.17, 15) is 8.42 Å². The van der Waals surface area contributed by atoms with E-state index in [2.05, 4.69) is 10.2 Å². The first-order chi connectivity index (χ1) is 11.6. The van der Waals surface area contributed by atoms with Crippen LogP contribution in [0.5, 0.6) is 0 Å². The molecule has 1 aliphatic rings. The number of nitrogens with one attached hydrogen (secondary N) is 2. The minimum atomic E-state index is -3.66. The molecule has 7 heteroatoms. The van der Waals surface area contributed by atoms with E-state index in [-0.39, 0.29) is 23.4 Å². The third kappa shape index (κ3) is 3.93. The van der Waals surface area contributed by atoms with Crippen molar-refractivity contribution in [2.45, 2.75) is 23.8 Å². The van der Waals surface area contributed by atoms with Crippen molar-refractivity contribution in [2.24, 2.45) is 5.92 Å². The zero-order valence-corrected chi connectivity index (χ0v) is 14.1. The minimum Gasteiger partial charge on any atom is -0.381 e. The van der Waals surface area contributed by atoms with Crippen LogP contribution >= 0.6 is 0 Å². The first kappa shape index (κ1) is 17.3. The van der Waals surface area contributed by atoms with Gasteiger partial charge in [-0.25, -0.2) is 18.6 Å². The van der Waals surface area contributed by atoms with E-state index in [0.29, 0.717) is 13.2 Å². The average Bonchev–Trinajstić information content (AvgIpc) is 2.61. The number of sulfonamides is 1. The predicted octanol–water partition coefficient (Wildman–Crippen LogP) is 1.89. The van der Waals surface area contributed by atoms with E-state index in [1.165, 1.54) is 0 Å². The zero-order valence-electron chi connectivity index (χ0n) is 13.3. The Balaban J connectivity index is 1.83. The second-order valence-electron chi connectivity index (χ2n) is 6.05. The molecule has 6 nitrogen and oxygen atoms in total. The molecular weight excluding hydrogens is 328 g/mol. The predicted molar refractivity (Wildman–Crippen MR) is 91.4 cm³/mol. The van der Waals surface area contributed by atoms with Crippen molar-refractivity contribution in [3.63, 3.8) is 0 Å². The number of ether oxygens (including phenoxy) is 1. The standard InChI is InChI=1S/C17H22N2O4S/c20-18-12-17(14-7-9-23-10-8-14)19-24(21,22)16-6-5-13-3-1-2-4-15(13)11-16/h1-6,11,14,17-20H,7-10,12H2. The molecule has 24 heavy (non-hydrogen) atoms. The van der Waals surface area contributed by atoms with Gasteiger partial charge in [0.15, 0.2) is 0 Å². The van der Waals surface area contributed by atoms with Crippen molar-refractivity contribution in [1.29, 1.82) is 0 Å². The van der Waals surface area contributed by atoms with E-state index in [0.717, 1.165) is 23.6 Å². The van der Waals surface area contributed by atoms with Gasteiger partial charge in [0.05, 0.1) is 4.90 Å². The van der Waals surface area contributed by atoms with Gasteiger partial charge >= 0.3 is 0 Å². The highest BCUT2D eigenvalue weighted by Crippen LogP contribution is 2.22. The van der Waals surface area contributed by atoms with E-state index in [1.54, 1.807) is 18.2 Å². The summed E-state index contributed by atoms with van der Waals surface area (Å²) in [4.78, 5) is 0.233. The molecule has 0 spiro atoms. The first-order valence-electron chi connectivity index (χ1n) is 8.06. The third-order valence-electron chi connectivity index (χ3n) is 4.48. The van der Waals surface area contributed by atoms with Gasteiger partial charge in [0.25, 0.3) is 0 Å². The van der Waals surface area contributed by atoms with Crippen LogP contribution in [0, 0.1) is 5.92 Å². The molecule has 0 radical (unpaired) electrons. The molecule has 0 aromatic heterocycles. The van der Waals surface area contributed by atoms with Gasteiger partial charge in [0.2, 0.25) is 10.0 Å². The molecule has 1 fully saturated rings. The van der Waals surface area contributed by atoms with E-state index in [1.807, 2.05) is 24.3 Å². The molecule has 3 N–H and O–H groups in total. The lowest BCUT2D eigenvalue weighted by molar-refractivity contribution is 0.0495. The lowest BCUT2D eigenvalue weighted by Crippen LogP contribution is -2.47. The fourth-order valence-corrected chi connectivity index (χ4v) is 4.46. The molecule has 3 rings (SSSR count). The topological polar surface area (TPSA) is 87.7 Å². The molecule has 130 valence electrons. The van der Waals surface area contributed by atoms with Gasteiger partial charge in [-0.2, -0.15) is 0 Å². The number of hydrogen-bond acceptors (Lipinski definition) is 5. The largest absolute Gasteiger partial charge is 0.381 e. The molecule has 2 aromatic carbocycles. The maximum atomic E-state index is 12.8. The summed E-state index contributed by atoms with van der Waals surface area (Å²) in [6.07, 6.45) is 1.54. The Hall–Kier alpha value is -1.51. The number of hydroxylamine groups is 1. The van der Waals surface area contributed by atoms with Gasteiger partial charge in [-0.15, -0.1) is 0 Å². The molecule has 1 unspecified atom stereocenters. The summed E-state index contributed by atoms with van der Waals surface area (Å²) in [5.41, 5.74) is 2.10. The average molecular weight is 350 g/mol. The van der Waals surface area contributed by atoms with Crippen LogP contribution in [-0.4, -0.2) is 39.4 Å². The van der Waals surface area contributed by atoms with Gasteiger partial charge in [-0.1, -0.05) is 30.3 Å². The highest BCUT2D eigenvalue weighted by Gasteiger charge is 2.28. The van der Waals surface area contributed by atoms with Crippen LogP contribution in [0.2, 0.25) is 0 Å². The van der Waals surface area contributed by atoms with Crippen LogP contribution < -0.4 is 10.2 Å². The second kappa shape index (κ2) is 7.58. The van der Waals surface area contributed by atoms with Gasteiger partial charge in [0.1, 0.15) is 0 Å². The Morgan fingerprint density at radius 2 is 1.83 bits per heavy atom. The minimum absolute atomic E-state index is 0.133. The molecule has 2 aromatic rings. The molecule has 1 heterocycles. The SMILES string of the molecule is O=S(=O)(NC(CNO)C1CCOCC1)c1ccc2ccccc2c1. The molecular formula is C17H22N2O4S. The Bertz CT molecular complexity index is 788. The van der Waals surface area contributed by atoms with Gasteiger partial charge < -0.3 is 9.94 Å². The molecule has 0 saturated carbocycles. The number of fused-ring (bicyclic) bond motifs is 1. The summed E-state index contributed by atoms with van der Waals surface area (Å²) >= 11 is 0. The maximum absolute atomic E-state index is 12.8. The van der Waals surface area contributed by atoms with E-state index < -0.39 is 10.0 Å². The Morgan fingerprint density at radius 3 is 2.54 bits per heavy atom. The summed E-state index contributed by atoms with van der Waals surface area (Å²) in [7, 11) is -3.66. The van der Waals surface area contributed by atoms with Crippen molar-refractivity contribution < 1.29 is 18.4 Å². The van der Waals surface area contributed by atoms with Gasteiger partial charge in [-0.3, -0.25) is 0 Å². The van der Waals surface area contributed by atoms with Crippen molar-refractivity contribution in [3.8, 4) is 0 Å². The fraction of sp³-hybridized carbons (Fsp3) is 0.412. The normalized spacial score (nSPS) is 17.9. The number of hydrogen-bond donors (Lipinski definition) is 3. The number of rotatable bonds is 6. The first-order valence-corrected chi connectivity index (χ1v) is 9.54. The van der Waals surface area contributed by atoms with Crippen molar-refractivity contribution in [3.05, 3.63) is 42.5 Å². The summed E-state index contributed by atoms with van der Waals surface area (Å²) < 4.78 is 33.6. The van der Waals surface area contributed by atoms with Gasteiger partial charge in [0, 0.05) is 25.8 Å².